The monoisotopic (exact) mass is 276 g/mol. The van der Waals surface area contributed by atoms with E-state index < -0.39 is 0 Å². The van der Waals surface area contributed by atoms with E-state index in [2.05, 4.69) is 10.6 Å². The van der Waals surface area contributed by atoms with Gasteiger partial charge >= 0.3 is 0 Å². The van der Waals surface area contributed by atoms with Crippen molar-refractivity contribution in [1.82, 2.24) is 10.6 Å². The number of rotatable bonds is 4. The molecule has 2 aliphatic rings. The molecule has 2 fully saturated rings. The molecule has 1 atom stereocenters. The summed E-state index contributed by atoms with van der Waals surface area (Å²) in [5.41, 5.74) is 0.986. The van der Waals surface area contributed by atoms with Gasteiger partial charge in [-0.1, -0.05) is 12.1 Å². The Balaban J connectivity index is 1.59. The highest BCUT2D eigenvalue weighted by Crippen LogP contribution is 2.47. The molecule has 0 spiro atoms. The minimum atomic E-state index is -0.198. The van der Waals surface area contributed by atoms with Crippen molar-refractivity contribution in [2.75, 3.05) is 19.6 Å². The van der Waals surface area contributed by atoms with Crippen molar-refractivity contribution in [1.29, 1.82) is 0 Å². The van der Waals surface area contributed by atoms with Gasteiger partial charge in [0.25, 0.3) is 0 Å². The lowest BCUT2D eigenvalue weighted by Gasteiger charge is -2.24. The van der Waals surface area contributed by atoms with Crippen LogP contribution in [0.4, 0.5) is 4.39 Å². The fourth-order valence-corrected chi connectivity index (χ4v) is 3.01. The van der Waals surface area contributed by atoms with Gasteiger partial charge in [-0.2, -0.15) is 0 Å². The van der Waals surface area contributed by atoms with Crippen LogP contribution in [0.3, 0.4) is 0 Å². The van der Waals surface area contributed by atoms with Crippen LogP contribution < -0.4 is 10.6 Å². The number of benzene rings is 1. The van der Waals surface area contributed by atoms with Crippen LogP contribution in [0, 0.1) is 11.7 Å². The molecule has 3 rings (SSSR count). The van der Waals surface area contributed by atoms with E-state index in [1.807, 2.05) is 6.07 Å². The highest BCUT2D eigenvalue weighted by Gasteiger charge is 2.44. The number of piperidine rings is 1. The number of nitrogens with one attached hydrogen (secondary N) is 2. The third-order valence-electron chi connectivity index (χ3n) is 4.56. The zero-order chi connectivity index (χ0) is 14.0. The predicted molar refractivity (Wildman–Crippen MR) is 75.9 cm³/mol. The van der Waals surface area contributed by atoms with Crippen LogP contribution >= 0.6 is 0 Å². The lowest BCUT2D eigenvalue weighted by molar-refractivity contribution is -0.125. The molecule has 1 heterocycles. The maximum absolute atomic E-state index is 13.3. The van der Waals surface area contributed by atoms with Gasteiger partial charge in [-0.25, -0.2) is 4.39 Å². The number of carbonyl (C=O) groups excluding carboxylic acids is 1. The number of halogens is 1. The lowest BCUT2D eigenvalue weighted by Crippen LogP contribution is -2.42. The second kappa shape index (κ2) is 5.52. The van der Waals surface area contributed by atoms with E-state index in [1.165, 1.54) is 6.07 Å². The van der Waals surface area contributed by atoms with Gasteiger partial charge in [0.05, 0.1) is 5.92 Å². The zero-order valence-corrected chi connectivity index (χ0v) is 11.6. The molecule has 1 aliphatic heterocycles. The van der Waals surface area contributed by atoms with Crippen LogP contribution in [0.5, 0.6) is 0 Å². The fourth-order valence-electron chi connectivity index (χ4n) is 3.01. The minimum absolute atomic E-state index is 0.0279. The third-order valence-corrected chi connectivity index (χ3v) is 4.56. The molecule has 1 aromatic rings. The Morgan fingerprint density at radius 1 is 1.45 bits per heavy atom. The SMILES string of the molecule is O=C(NCC1(c2cccc(F)c2)CC1)C1CCCNC1. The first-order valence-electron chi connectivity index (χ1n) is 7.44. The topological polar surface area (TPSA) is 41.1 Å². The molecule has 1 aromatic carbocycles. The summed E-state index contributed by atoms with van der Waals surface area (Å²) in [7, 11) is 0. The molecule has 2 N–H and O–H groups in total. The average Bonchev–Trinajstić information content (AvgIpc) is 3.27. The highest BCUT2D eigenvalue weighted by atomic mass is 19.1. The summed E-state index contributed by atoms with van der Waals surface area (Å²) in [6.45, 7) is 2.42. The van der Waals surface area contributed by atoms with E-state index >= 15 is 0 Å². The summed E-state index contributed by atoms with van der Waals surface area (Å²) >= 11 is 0. The van der Waals surface area contributed by atoms with Crippen molar-refractivity contribution in [2.45, 2.75) is 31.1 Å². The molecule has 0 bridgehead atoms. The maximum Gasteiger partial charge on any atom is 0.224 e. The molecule has 108 valence electrons. The van der Waals surface area contributed by atoms with Gasteiger partial charge < -0.3 is 10.6 Å². The second-order valence-corrected chi connectivity index (χ2v) is 6.05. The van der Waals surface area contributed by atoms with Gasteiger partial charge in [0.15, 0.2) is 0 Å². The number of hydrogen-bond acceptors (Lipinski definition) is 2. The van der Waals surface area contributed by atoms with E-state index in [4.69, 9.17) is 0 Å². The molecule has 1 amide bonds. The van der Waals surface area contributed by atoms with Crippen molar-refractivity contribution < 1.29 is 9.18 Å². The summed E-state index contributed by atoms with van der Waals surface area (Å²) in [6, 6.07) is 6.77. The van der Waals surface area contributed by atoms with Crippen LogP contribution in [0.25, 0.3) is 0 Å². The van der Waals surface area contributed by atoms with E-state index in [0.29, 0.717) is 6.54 Å². The van der Waals surface area contributed by atoms with Gasteiger partial charge in [0, 0.05) is 18.5 Å². The molecule has 0 radical (unpaired) electrons. The van der Waals surface area contributed by atoms with Crippen LogP contribution in [0.2, 0.25) is 0 Å². The summed E-state index contributed by atoms with van der Waals surface area (Å²) in [5, 5.41) is 6.33. The average molecular weight is 276 g/mol. The van der Waals surface area contributed by atoms with Gasteiger partial charge in [0.1, 0.15) is 5.82 Å². The van der Waals surface area contributed by atoms with E-state index in [-0.39, 0.29) is 23.1 Å². The standard InChI is InChI=1S/C16H21FN2O/c17-14-5-1-4-13(9-14)16(6-7-16)11-19-15(20)12-3-2-8-18-10-12/h1,4-5,9,12,18H,2-3,6-8,10-11H2,(H,19,20). The molecule has 1 unspecified atom stereocenters. The third kappa shape index (κ3) is 2.85. The summed E-state index contributed by atoms with van der Waals surface area (Å²) in [4.78, 5) is 12.1. The summed E-state index contributed by atoms with van der Waals surface area (Å²) in [6.07, 6.45) is 4.08. The lowest BCUT2D eigenvalue weighted by atomic mass is 9.94. The van der Waals surface area contributed by atoms with Crippen molar-refractivity contribution in [3.8, 4) is 0 Å². The second-order valence-electron chi connectivity index (χ2n) is 6.05. The van der Waals surface area contributed by atoms with Crippen LogP contribution in [-0.2, 0) is 10.2 Å². The van der Waals surface area contributed by atoms with Gasteiger partial charge in [-0.15, -0.1) is 0 Å². The Labute approximate surface area is 118 Å². The first-order valence-corrected chi connectivity index (χ1v) is 7.44. The van der Waals surface area contributed by atoms with Gasteiger partial charge in [-0.05, 0) is 49.9 Å². The molecular formula is C16H21FN2O. The van der Waals surface area contributed by atoms with Crippen molar-refractivity contribution in [3.05, 3.63) is 35.6 Å². The van der Waals surface area contributed by atoms with Crippen molar-refractivity contribution in [3.63, 3.8) is 0 Å². The fraction of sp³-hybridized carbons (Fsp3) is 0.562. The molecule has 1 saturated heterocycles. The Bertz CT molecular complexity index is 493. The molecule has 3 nitrogen and oxygen atoms in total. The first kappa shape index (κ1) is 13.6. The Kier molecular flexibility index (Phi) is 3.74. The Hall–Kier alpha value is -1.42. The molecule has 20 heavy (non-hydrogen) atoms. The predicted octanol–water partition coefficient (Wildman–Crippen LogP) is 1.97. The van der Waals surface area contributed by atoms with E-state index in [1.54, 1.807) is 12.1 Å². The quantitative estimate of drug-likeness (QED) is 0.883. The minimum Gasteiger partial charge on any atom is -0.355 e. The largest absolute Gasteiger partial charge is 0.355 e. The molecular weight excluding hydrogens is 255 g/mol. The molecule has 1 saturated carbocycles. The Morgan fingerprint density at radius 2 is 2.30 bits per heavy atom. The summed E-state index contributed by atoms with van der Waals surface area (Å²) in [5.74, 6) is 0.0310. The van der Waals surface area contributed by atoms with Crippen LogP contribution in [0.15, 0.2) is 24.3 Å². The van der Waals surface area contributed by atoms with Crippen molar-refractivity contribution in [2.24, 2.45) is 5.92 Å². The highest BCUT2D eigenvalue weighted by molar-refractivity contribution is 5.79. The first-order chi connectivity index (χ1) is 9.70. The number of amides is 1. The van der Waals surface area contributed by atoms with Gasteiger partial charge in [0.2, 0.25) is 5.91 Å². The molecule has 0 aromatic heterocycles. The Morgan fingerprint density at radius 3 is 2.95 bits per heavy atom. The van der Waals surface area contributed by atoms with Crippen LogP contribution in [-0.4, -0.2) is 25.5 Å². The number of carbonyl (C=O) groups is 1. The number of hydrogen-bond donors (Lipinski definition) is 2. The molecule has 1 aliphatic carbocycles. The van der Waals surface area contributed by atoms with E-state index in [9.17, 15) is 9.18 Å². The zero-order valence-electron chi connectivity index (χ0n) is 11.6. The normalized spacial score (nSPS) is 24.1. The smallest absolute Gasteiger partial charge is 0.224 e. The maximum atomic E-state index is 13.3. The van der Waals surface area contributed by atoms with Crippen molar-refractivity contribution >= 4 is 5.91 Å². The molecule has 4 heteroatoms. The van der Waals surface area contributed by atoms with E-state index in [0.717, 1.165) is 44.3 Å². The summed E-state index contributed by atoms with van der Waals surface area (Å²) < 4.78 is 13.3. The van der Waals surface area contributed by atoms with Crippen LogP contribution in [0.1, 0.15) is 31.2 Å². The van der Waals surface area contributed by atoms with Gasteiger partial charge in [-0.3, -0.25) is 4.79 Å².